The first-order chi connectivity index (χ1) is 9.38. The summed E-state index contributed by atoms with van der Waals surface area (Å²) in [5.74, 6) is -0.178. The van der Waals surface area contributed by atoms with E-state index >= 15 is 0 Å². The van der Waals surface area contributed by atoms with Crippen LogP contribution in [-0.4, -0.2) is 71.2 Å². The zero-order valence-corrected chi connectivity index (χ0v) is 12.5. The minimum absolute atomic E-state index is 0.110. The number of carbonyl (C=O) groups is 1. The highest BCUT2D eigenvalue weighted by atomic mass is 32.2. The normalized spacial score (nSPS) is 20.4. The van der Waals surface area contributed by atoms with Gasteiger partial charge in [-0.3, -0.25) is 4.79 Å². The fraction of sp³-hybridized carbons (Fsp3) is 0.727. The molecule has 9 heteroatoms. The third kappa shape index (κ3) is 3.54. The Morgan fingerprint density at radius 3 is 2.85 bits per heavy atom. The SMILES string of the molecule is CN(CC(=O)N1CCC[C@@H](n2cncn2)C1)S(C)(=O)=O. The van der Waals surface area contributed by atoms with Gasteiger partial charge in [-0.25, -0.2) is 18.1 Å². The Kier molecular flexibility index (Phi) is 4.39. The Morgan fingerprint density at radius 2 is 2.25 bits per heavy atom. The largest absolute Gasteiger partial charge is 0.339 e. The number of piperidine rings is 1. The summed E-state index contributed by atoms with van der Waals surface area (Å²) in [4.78, 5) is 17.7. The molecule has 20 heavy (non-hydrogen) atoms. The molecular formula is C11H19N5O3S. The van der Waals surface area contributed by atoms with Crippen molar-refractivity contribution in [3.05, 3.63) is 12.7 Å². The summed E-state index contributed by atoms with van der Waals surface area (Å²) in [6.45, 7) is 1.07. The molecule has 1 aromatic heterocycles. The van der Waals surface area contributed by atoms with Gasteiger partial charge in [-0.05, 0) is 12.8 Å². The van der Waals surface area contributed by atoms with Gasteiger partial charge in [0.05, 0.1) is 18.8 Å². The Morgan fingerprint density at radius 1 is 1.50 bits per heavy atom. The number of hydrogen-bond acceptors (Lipinski definition) is 5. The lowest BCUT2D eigenvalue weighted by atomic mass is 10.1. The lowest BCUT2D eigenvalue weighted by molar-refractivity contribution is -0.132. The van der Waals surface area contributed by atoms with Gasteiger partial charge in [-0.15, -0.1) is 0 Å². The Labute approximate surface area is 118 Å². The van der Waals surface area contributed by atoms with E-state index in [9.17, 15) is 13.2 Å². The highest BCUT2D eigenvalue weighted by molar-refractivity contribution is 7.88. The average molecular weight is 301 g/mol. The van der Waals surface area contributed by atoms with Gasteiger partial charge in [0, 0.05) is 20.1 Å². The van der Waals surface area contributed by atoms with E-state index < -0.39 is 10.0 Å². The van der Waals surface area contributed by atoms with Crippen LogP contribution in [-0.2, 0) is 14.8 Å². The first-order valence-electron chi connectivity index (χ1n) is 6.41. The molecule has 2 heterocycles. The molecule has 1 aliphatic heterocycles. The van der Waals surface area contributed by atoms with Gasteiger partial charge in [0.1, 0.15) is 12.7 Å². The molecule has 0 spiro atoms. The molecule has 2 rings (SSSR count). The maximum Gasteiger partial charge on any atom is 0.237 e. The van der Waals surface area contributed by atoms with E-state index in [1.165, 1.54) is 13.4 Å². The van der Waals surface area contributed by atoms with Crippen molar-refractivity contribution in [2.45, 2.75) is 18.9 Å². The van der Waals surface area contributed by atoms with E-state index in [4.69, 9.17) is 0 Å². The molecule has 1 aromatic rings. The molecule has 0 radical (unpaired) electrons. The second kappa shape index (κ2) is 5.88. The average Bonchev–Trinajstić information content (AvgIpc) is 2.91. The molecule has 0 aliphatic carbocycles. The molecule has 8 nitrogen and oxygen atoms in total. The molecule has 0 unspecified atom stereocenters. The van der Waals surface area contributed by atoms with Crippen molar-refractivity contribution in [2.24, 2.45) is 0 Å². The third-order valence-electron chi connectivity index (χ3n) is 3.48. The molecule has 1 atom stereocenters. The maximum absolute atomic E-state index is 12.1. The lowest BCUT2D eigenvalue weighted by Gasteiger charge is -2.33. The van der Waals surface area contributed by atoms with Crippen molar-refractivity contribution < 1.29 is 13.2 Å². The molecular weight excluding hydrogens is 282 g/mol. The van der Waals surface area contributed by atoms with Crippen molar-refractivity contribution in [1.29, 1.82) is 0 Å². The standard InChI is InChI=1S/C11H19N5O3S/c1-14(20(2,18)19)7-11(17)15-5-3-4-10(6-15)16-9-12-8-13-16/h8-10H,3-7H2,1-2H3/t10-/m1/s1. The summed E-state index contributed by atoms with van der Waals surface area (Å²) in [6.07, 6.45) is 6.02. The van der Waals surface area contributed by atoms with Crippen molar-refractivity contribution in [3.63, 3.8) is 0 Å². The molecule has 0 aromatic carbocycles. The van der Waals surface area contributed by atoms with Crippen LogP contribution in [0.5, 0.6) is 0 Å². The molecule has 1 aliphatic rings. The van der Waals surface area contributed by atoms with E-state index in [2.05, 4.69) is 10.1 Å². The number of rotatable bonds is 4. The molecule has 0 N–H and O–H groups in total. The molecule has 112 valence electrons. The molecule has 0 bridgehead atoms. The fourth-order valence-electron chi connectivity index (χ4n) is 2.21. The summed E-state index contributed by atoms with van der Waals surface area (Å²) in [7, 11) is -1.93. The number of carbonyl (C=O) groups excluding carboxylic acids is 1. The number of likely N-dealkylation sites (N-methyl/N-ethyl adjacent to an activating group) is 1. The summed E-state index contributed by atoms with van der Waals surface area (Å²) >= 11 is 0. The molecule has 1 fully saturated rings. The first-order valence-corrected chi connectivity index (χ1v) is 8.26. The molecule has 0 saturated carbocycles. The Bertz CT molecular complexity index is 557. The number of nitrogens with zero attached hydrogens (tertiary/aromatic N) is 5. The Balaban J connectivity index is 1.97. The van der Waals surface area contributed by atoms with Crippen molar-refractivity contribution in [1.82, 2.24) is 24.0 Å². The third-order valence-corrected chi connectivity index (χ3v) is 4.75. The van der Waals surface area contributed by atoms with Crippen LogP contribution >= 0.6 is 0 Å². The molecule has 1 saturated heterocycles. The first kappa shape index (κ1) is 14.9. The van der Waals surface area contributed by atoms with E-state index in [1.807, 2.05) is 0 Å². The quantitative estimate of drug-likeness (QED) is 0.736. The van der Waals surface area contributed by atoms with Crippen LogP contribution in [0.2, 0.25) is 0 Å². The highest BCUT2D eigenvalue weighted by Crippen LogP contribution is 2.20. The van der Waals surface area contributed by atoms with Crippen LogP contribution in [0, 0.1) is 0 Å². The van der Waals surface area contributed by atoms with Crippen molar-refractivity contribution in [3.8, 4) is 0 Å². The van der Waals surface area contributed by atoms with Crippen LogP contribution < -0.4 is 0 Å². The van der Waals surface area contributed by atoms with Crippen LogP contribution in [0.25, 0.3) is 0 Å². The smallest absolute Gasteiger partial charge is 0.237 e. The zero-order valence-electron chi connectivity index (χ0n) is 11.6. The summed E-state index contributed by atoms with van der Waals surface area (Å²) in [5, 5.41) is 4.10. The summed E-state index contributed by atoms with van der Waals surface area (Å²) < 4.78 is 25.5. The van der Waals surface area contributed by atoms with E-state index in [-0.39, 0.29) is 18.5 Å². The predicted octanol–water partition coefficient (Wildman–Crippen LogP) is -0.667. The maximum atomic E-state index is 12.1. The number of aromatic nitrogens is 3. The summed E-state index contributed by atoms with van der Waals surface area (Å²) in [5.41, 5.74) is 0. The van der Waals surface area contributed by atoms with Crippen molar-refractivity contribution in [2.75, 3.05) is 32.9 Å². The zero-order chi connectivity index (χ0) is 14.8. The Hall–Kier alpha value is -1.48. The van der Waals surface area contributed by atoms with E-state index in [0.717, 1.165) is 23.4 Å². The summed E-state index contributed by atoms with van der Waals surface area (Å²) in [6, 6.07) is 0.110. The van der Waals surface area contributed by atoms with Crippen LogP contribution in [0.1, 0.15) is 18.9 Å². The van der Waals surface area contributed by atoms with Gasteiger partial charge in [0.25, 0.3) is 0 Å². The van der Waals surface area contributed by atoms with E-state index in [1.54, 1.807) is 15.9 Å². The van der Waals surface area contributed by atoms with Gasteiger partial charge in [0.15, 0.2) is 0 Å². The van der Waals surface area contributed by atoms with Gasteiger partial charge in [-0.2, -0.15) is 9.40 Å². The number of hydrogen-bond donors (Lipinski definition) is 0. The second-order valence-electron chi connectivity index (χ2n) is 5.03. The van der Waals surface area contributed by atoms with Gasteiger partial charge < -0.3 is 4.90 Å². The van der Waals surface area contributed by atoms with Crippen LogP contribution in [0.4, 0.5) is 0 Å². The monoisotopic (exact) mass is 301 g/mol. The van der Waals surface area contributed by atoms with Crippen LogP contribution in [0.3, 0.4) is 0 Å². The topological polar surface area (TPSA) is 88.4 Å². The predicted molar refractivity (Wildman–Crippen MR) is 72.3 cm³/mol. The van der Waals surface area contributed by atoms with Gasteiger partial charge in [0.2, 0.25) is 15.9 Å². The van der Waals surface area contributed by atoms with E-state index in [0.29, 0.717) is 13.1 Å². The van der Waals surface area contributed by atoms with Gasteiger partial charge in [-0.1, -0.05) is 0 Å². The number of amides is 1. The minimum atomic E-state index is -3.34. The van der Waals surface area contributed by atoms with Gasteiger partial charge >= 0.3 is 0 Å². The minimum Gasteiger partial charge on any atom is -0.339 e. The highest BCUT2D eigenvalue weighted by Gasteiger charge is 2.27. The van der Waals surface area contributed by atoms with Crippen molar-refractivity contribution >= 4 is 15.9 Å². The van der Waals surface area contributed by atoms with Crippen LogP contribution in [0.15, 0.2) is 12.7 Å². The molecule has 1 amide bonds. The number of likely N-dealkylation sites (tertiary alicyclic amines) is 1. The number of sulfonamides is 1. The second-order valence-corrected chi connectivity index (χ2v) is 7.12. The fourth-order valence-corrected chi connectivity index (χ4v) is 2.56. The lowest BCUT2D eigenvalue weighted by Crippen LogP contribution is -2.45.